The predicted octanol–water partition coefficient (Wildman–Crippen LogP) is 4.73. The summed E-state index contributed by atoms with van der Waals surface area (Å²) >= 11 is 2.01. The predicted molar refractivity (Wildman–Crippen MR) is 95.6 cm³/mol. The Kier molecular flexibility index (Phi) is 5.19. The minimum absolute atomic E-state index is 0.458. The van der Waals surface area contributed by atoms with E-state index in [-0.39, 0.29) is 0 Å². The van der Waals surface area contributed by atoms with Gasteiger partial charge >= 0.3 is 0 Å². The highest BCUT2D eigenvalue weighted by Gasteiger charge is 2.26. The molecule has 0 spiro atoms. The average Bonchev–Trinajstić information content (AvgIpc) is 2.62. The fraction of sp³-hybridized carbons (Fsp3) is 0.368. The quantitative estimate of drug-likeness (QED) is 0.805. The zero-order valence-electron chi connectivity index (χ0n) is 13.4. The minimum atomic E-state index is 0.458. The van der Waals surface area contributed by atoms with Crippen molar-refractivity contribution in [1.82, 2.24) is 9.80 Å². The van der Waals surface area contributed by atoms with E-state index in [0.29, 0.717) is 12.1 Å². The first kappa shape index (κ1) is 15.6. The van der Waals surface area contributed by atoms with Crippen LogP contribution in [0.15, 0.2) is 60.7 Å². The van der Waals surface area contributed by atoms with Crippen LogP contribution in [0.5, 0.6) is 0 Å². The summed E-state index contributed by atoms with van der Waals surface area (Å²) in [4.78, 5) is 5.12. The van der Waals surface area contributed by atoms with Crippen LogP contribution in [-0.2, 0) is 0 Å². The van der Waals surface area contributed by atoms with Crippen molar-refractivity contribution in [2.45, 2.75) is 25.9 Å². The van der Waals surface area contributed by atoms with Gasteiger partial charge in [0.25, 0.3) is 0 Å². The maximum atomic E-state index is 2.56. The molecule has 2 atom stereocenters. The van der Waals surface area contributed by atoms with Gasteiger partial charge in [-0.2, -0.15) is 0 Å². The maximum absolute atomic E-state index is 2.56. The summed E-state index contributed by atoms with van der Waals surface area (Å²) in [6.45, 7) is 5.65. The average molecular weight is 312 g/mol. The van der Waals surface area contributed by atoms with E-state index >= 15 is 0 Å². The van der Waals surface area contributed by atoms with Crippen LogP contribution in [-0.4, -0.2) is 28.2 Å². The molecule has 0 N–H and O–H groups in total. The minimum Gasteiger partial charge on any atom is -0.274 e. The van der Waals surface area contributed by atoms with Crippen molar-refractivity contribution in [1.29, 1.82) is 0 Å². The standard InChI is InChI=1S/C19H24N2S/c1-16(18-9-5-3-6-10-18)20-13-21(15-22-14-20)17(2)19-11-7-4-8-12-19/h3-12,16-17H,13-15H2,1-2H3. The molecule has 1 aliphatic rings. The Labute approximate surface area is 138 Å². The summed E-state index contributed by atoms with van der Waals surface area (Å²) in [7, 11) is 0. The highest BCUT2D eigenvalue weighted by molar-refractivity contribution is 7.99. The first-order valence-corrected chi connectivity index (χ1v) is 9.07. The molecular weight excluding hydrogens is 288 g/mol. The van der Waals surface area contributed by atoms with Gasteiger partial charge in [-0.05, 0) is 25.0 Å². The van der Waals surface area contributed by atoms with Gasteiger partial charge in [0.1, 0.15) is 0 Å². The number of thioether (sulfide) groups is 1. The van der Waals surface area contributed by atoms with Crippen LogP contribution < -0.4 is 0 Å². The van der Waals surface area contributed by atoms with Gasteiger partial charge in [0.05, 0.1) is 6.67 Å². The van der Waals surface area contributed by atoms with Crippen LogP contribution in [0.4, 0.5) is 0 Å². The molecule has 22 heavy (non-hydrogen) atoms. The molecule has 0 bridgehead atoms. The fourth-order valence-corrected chi connectivity index (χ4v) is 4.10. The zero-order valence-corrected chi connectivity index (χ0v) is 14.2. The highest BCUT2D eigenvalue weighted by Crippen LogP contribution is 2.30. The maximum Gasteiger partial charge on any atom is 0.0533 e. The smallest absolute Gasteiger partial charge is 0.0533 e. The van der Waals surface area contributed by atoms with Gasteiger partial charge in [-0.25, -0.2) is 0 Å². The van der Waals surface area contributed by atoms with Crippen molar-refractivity contribution in [2.24, 2.45) is 0 Å². The molecule has 3 rings (SSSR count). The van der Waals surface area contributed by atoms with Crippen LogP contribution in [0.1, 0.15) is 37.1 Å². The van der Waals surface area contributed by atoms with E-state index in [1.807, 2.05) is 11.8 Å². The third-order valence-corrected chi connectivity index (χ3v) is 5.57. The van der Waals surface area contributed by atoms with Gasteiger partial charge in [-0.15, -0.1) is 11.8 Å². The third-order valence-electron chi connectivity index (χ3n) is 4.54. The monoisotopic (exact) mass is 312 g/mol. The van der Waals surface area contributed by atoms with E-state index in [1.165, 1.54) is 11.1 Å². The Morgan fingerprint density at radius 2 is 1.14 bits per heavy atom. The zero-order chi connectivity index (χ0) is 15.4. The van der Waals surface area contributed by atoms with Crippen LogP contribution in [0.25, 0.3) is 0 Å². The normalized spacial score (nSPS) is 19.7. The lowest BCUT2D eigenvalue weighted by Crippen LogP contribution is -2.44. The van der Waals surface area contributed by atoms with E-state index in [0.717, 1.165) is 18.4 Å². The van der Waals surface area contributed by atoms with Gasteiger partial charge in [0.2, 0.25) is 0 Å². The van der Waals surface area contributed by atoms with Crippen molar-refractivity contribution in [3.8, 4) is 0 Å². The number of benzene rings is 2. The van der Waals surface area contributed by atoms with Crippen molar-refractivity contribution in [3.63, 3.8) is 0 Å². The molecule has 116 valence electrons. The first-order chi connectivity index (χ1) is 10.8. The SMILES string of the molecule is CC(c1ccccc1)N1CSCN(C(C)c2ccccc2)C1. The van der Waals surface area contributed by atoms with Crippen molar-refractivity contribution >= 4 is 11.8 Å². The second kappa shape index (κ2) is 7.32. The summed E-state index contributed by atoms with van der Waals surface area (Å²) in [5.74, 6) is 2.21. The largest absolute Gasteiger partial charge is 0.274 e. The molecule has 0 saturated carbocycles. The van der Waals surface area contributed by atoms with E-state index in [1.54, 1.807) is 0 Å². The summed E-state index contributed by atoms with van der Waals surface area (Å²) in [6.07, 6.45) is 0. The van der Waals surface area contributed by atoms with Crippen LogP contribution in [0.3, 0.4) is 0 Å². The molecule has 1 heterocycles. The molecule has 3 heteroatoms. The molecule has 0 amide bonds. The topological polar surface area (TPSA) is 6.48 Å². The Balaban J connectivity index is 1.69. The lowest BCUT2D eigenvalue weighted by Gasteiger charge is -2.41. The molecule has 1 aliphatic heterocycles. The molecule has 2 nitrogen and oxygen atoms in total. The second-order valence-corrected chi connectivity index (χ2v) is 6.88. The van der Waals surface area contributed by atoms with E-state index in [9.17, 15) is 0 Å². The van der Waals surface area contributed by atoms with Crippen LogP contribution >= 0.6 is 11.8 Å². The summed E-state index contributed by atoms with van der Waals surface area (Å²) < 4.78 is 0. The number of hydrogen-bond donors (Lipinski definition) is 0. The van der Waals surface area contributed by atoms with Gasteiger partial charge in [-0.3, -0.25) is 9.80 Å². The third kappa shape index (κ3) is 3.54. The van der Waals surface area contributed by atoms with Gasteiger partial charge in [0.15, 0.2) is 0 Å². The van der Waals surface area contributed by atoms with Crippen LogP contribution in [0, 0.1) is 0 Å². The number of hydrogen-bond acceptors (Lipinski definition) is 3. The Hall–Kier alpha value is -1.29. The van der Waals surface area contributed by atoms with E-state index in [2.05, 4.69) is 84.3 Å². The summed E-state index contributed by atoms with van der Waals surface area (Å²) in [5, 5.41) is 0. The van der Waals surface area contributed by atoms with Gasteiger partial charge in [-0.1, -0.05) is 60.7 Å². The first-order valence-electron chi connectivity index (χ1n) is 7.91. The van der Waals surface area contributed by atoms with Crippen molar-refractivity contribution < 1.29 is 0 Å². The van der Waals surface area contributed by atoms with Gasteiger partial charge in [0, 0.05) is 23.8 Å². The molecule has 2 unspecified atom stereocenters. The van der Waals surface area contributed by atoms with Crippen molar-refractivity contribution in [3.05, 3.63) is 71.8 Å². The Bertz CT molecular complexity index is 521. The number of nitrogens with zero attached hydrogens (tertiary/aromatic N) is 2. The summed E-state index contributed by atoms with van der Waals surface area (Å²) in [6, 6.07) is 22.5. The molecule has 1 saturated heterocycles. The van der Waals surface area contributed by atoms with Crippen molar-refractivity contribution in [2.75, 3.05) is 18.4 Å². The molecule has 2 aromatic rings. The van der Waals surface area contributed by atoms with Gasteiger partial charge < -0.3 is 0 Å². The molecular formula is C19H24N2S. The Morgan fingerprint density at radius 3 is 1.55 bits per heavy atom. The second-order valence-electron chi connectivity index (χ2n) is 5.95. The lowest BCUT2D eigenvalue weighted by atomic mass is 10.1. The molecule has 0 aromatic heterocycles. The molecule has 0 aliphatic carbocycles. The van der Waals surface area contributed by atoms with Crippen LogP contribution in [0.2, 0.25) is 0 Å². The van der Waals surface area contributed by atoms with E-state index < -0.39 is 0 Å². The molecule has 2 aromatic carbocycles. The van der Waals surface area contributed by atoms with E-state index in [4.69, 9.17) is 0 Å². The molecule has 0 radical (unpaired) electrons. The Morgan fingerprint density at radius 1 is 0.727 bits per heavy atom. The molecule has 1 fully saturated rings. The summed E-state index contributed by atoms with van der Waals surface area (Å²) in [5.41, 5.74) is 2.80. The highest BCUT2D eigenvalue weighted by atomic mass is 32.2. The fourth-order valence-electron chi connectivity index (χ4n) is 2.94. The lowest BCUT2D eigenvalue weighted by molar-refractivity contribution is 0.0946. The number of rotatable bonds is 4.